The van der Waals surface area contributed by atoms with Crippen LogP contribution in [-0.4, -0.2) is 55.0 Å². The first-order valence-corrected chi connectivity index (χ1v) is 12.2. The number of fused-ring (bicyclic) bond motifs is 1. The number of carbonyl (C=O) groups excluding carboxylic acids is 3. The van der Waals surface area contributed by atoms with Crippen LogP contribution in [0.5, 0.6) is 0 Å². The third kappa shape index (κ3) is 4.05. The van der Waals surface area contributed by atoms with Crippen molar-refractivity contribution in [1.29, 1.82) is 0 Å². The Kier molecular flexibility index (Phi) is 6.12. The zero-order chi connectivity index (χ0) is 22.9. The van der Waals surface area contributed by atoms with E-state index in [0.29, 0.717) is 30.9 Å². The van der Waals surface area contributed by atoms with Crippen molar-refractivity contribution in [2.45, 2.75) is 37.5 Å². The van der Waals surface area contributed by atoms with Crippen molar-refractivity contribution in [3.8, 4) is 0 Å². The van der Waals surface area contributed by atoms with Gasteiger partial charge < -0.3 is 5.32 Å². The van der Waals surface area contributed by atoms with Crippen molar-refractivity contribution in [3.05, 3.63) is 59.2 Å². The average molecular weight is 456 g/mol. The van der Waals surface area contributed by atoms with Crippen LogP contribution in [0.2, 0.25) is 0 Å². The monoisotopic (exact) mass is 455 g/mol. The number of hydrogen-bond acceptors (Lipinski definition) is 5. The summed E-state index contributed by atoms with van der Waals surface area (Å²) >= 11 is 0. The minimum atomic E-state index is -3.60. The first-order chi connectivity index (χ1) is 15.3. The average Bonchev–Trinajstić information content (AvgIpc) is 3.41. The van der Waals surface area contributed by atoms with Crippen LogP contribution in [0.4, 0.5) is 5.69 Å². The Bertz CT molecular complexity index is 1190. The van der Waals surface area contributed by atoms with Crippen molar-refractivity contribution < 1.29 is 22.8 Å². The van der Waals surface area contributed by atoms with Crippen molar-refractivity contribution in [2.24, 2.45) is 0 Å². The molecule has 168 valence electrons. The highest BCUT2D eigenvalue weighted by atomic mass is 32.2. The summed E-state index contributed by atoms with van der Waals surface area (Å²) < 4.78 is 27.0. The molecule has 2 aliphatic rings. The largest absolute Gasteiger partial charge is 0.322 e. The van der Waals surface area contributed by atoms with Crippen molar-refractivity contribution in [2.75, 3.05) is 25.0 Å². The Labute approximate surface area is 187 Å². The molecular formula is C23H25N3O5S. The smallest absolute Gasteiger partial charge is 0.261 e. The molecular weight excluding hydrogens is 430 g/mol. The highest BCUT2D eigenvalue weighted by Crippen LogP contribution is 2.26. The molecule has 0 unspecified atom stereocenters. The second-order valence-corrected chi connectivity index (χ2v) is 9.91. The maximum Gasteiger partial charge on any atom is 0.261 e. The lowest BCUT2D eigenvalue weighted by Crippen LogP contribution is -2.30. The van der Waals surface area contributed by atoms with E-state index < -0.39 is 21.8 Å². The number of nitrogens with one attached hydrogen (secondary N) is 1. The summed E-state index contributed by atoms with van der Waals surface area (Å²) in [4.78, 5) is 39.2. The highest BCUT2D eigenvalue weighted by Gasteiger charge is 2.35. The fourth-order valence-electron chi connectivity index (χ4n) is 3.97. The molecule has 1 saturated heterocycles. The van der Waals surface area contributed by atoms with Gasteiger partial charge in [-0.2, -0.15) is 4.31 Å². The van der Waals surface area contributed by atoms with E-state index in [1.807, 2.05) is 6.92 Å². The van der Waals surface area contributed by atoms with E-state index in [4.69, 9.17) is 0 Å². The molecule has 8 nitrogen and oxygen atoms in total. The van der Waals surface area contributed by atoms with Gasteiger partial charge in [-0.3, -0.25) is 19.3 Å². The predicted molar refractivity (Wildman–Crippen MR) is 119 cm³/mol. The topological polar surface area (TPSA) is 104 Å². The van der Waals surface area contributed by atoms with Crippen LogP contribution in [0.15, 0.2) is 47.4 Å². The van der Waals surface area contributed by atoms with Crippen LogP contribution in [-0.2, 0) is 10.0 Å². The van der Waals surface area contributed by atoms with Crippen LogP contribution in [0.25, 0.3) is 0 Å². The van der Waals surface area contributed by atoms with Crippen LogP contribution in [0.1, 0.15) is 63.7 Å². The predicted octanol–water partition coefficient (Wildman–Crippen LogP) is 3.12. The second kappa shape index (κ2) is 8.84. The number of anilines is 1. The summed E-state index contributed by atoms with van der Waals surface area (Å²) in [5.74, 6) is -1.23. The van der Waals surface area contributed by atoms with Gasteiger partial charge in [-0.1, -0.05) is 19.4 Å². The normalized spacial score (nSPS) is 16.5. The molecule has 2 aliphatic heterocycles. The molecule has 2 aromatic carbocycles. The summed E-state index contributed by atoms with van der Waals surface area (Å²) in [6, 6.07) is 10.5. The molecule has 1 fully saturated rings. The second-order valence-electron chi connectivity index (χ2n) is 7.97. The fourth-order valence-corrected chi connectivity index (χ4v) is 5.53. The van der Waals surface area contributed by atoms with Crippen LogP contribution < -0.4 is 5.32 Å². The standard InChI is InChI=1S/C23H25N3O5S/c1-2-3-13-26-22(28)19-10-9-16(14-20(19)23(26)29)21(27)24-17-7-6-8-18(15-17)32(30,31)25-11-4-5-12-25/h6-10,14-15H,2-5,11-13H2,1H3,(H,24,27). The number of rotatable bonds is 7. The number of nitrogens with zero attached hydrogens (tertiary/aromatic N) is 2. The van der Waals surface area contributed by atoms with E-state index in [9.17, 15) is 22.8 Å². The molecule has 4 rings (SSSR count). The van der Waals surface area contributed by atoms with Gasteiger partial charge in [0.05, 0.1) is 16.0 Å². The number of unbranched alkanes of at least 4 members (excludes halogenated alkanes) is 1. The molecule has 0 aromatic heterocycles. The molecule has 0 radical (unpaired) electrons. The molecule has 1 N–H and O–H groups in total. The lowest BCUT2D eigenvalue weighted by Gasteiger charge is -2.16. The van der Waals surface area contributed by atoms with Crippen LogP contribution in [0.3, 0.4) is 0 Å². The number of imide groups is 1. The van der Waals surface area contributed by atoms with Gasteiger partial charge >= 0.3 is 0 Å². The van der Waals surface area contributed by atoms with Gasteiger partial charge in [0.25, 0.3) is 17.7 Å². The van der Waals surface area contributed by atoms with Gasteiger partial charge in [0.1, 0.15) is 0 Å². The lowest BCUT2D eigenvalue weighted by molar-refractivity contribution is 0.0652. The van der Waals surface area contributed by atoms with E-state index in [2.05, 4.69) is 5.32 Å². The molecule has 0 atom stereocenters. The fraction of sp³-hybridized carbons (Fsp3) is 0.348. The number of carbonyl (C=O) groups is 3. The van der Waals surface area contributed by atoms with Gasteiger partial charge in [0.2, 0.25) is 10.0 Å². The van der Waals surface area contributed by atoms with Gasteiger partial charge in [-0.15, -0.1) is 0 Å². The maximum atomic E-state index is 12.8. The molecule has 32 heavy (non-hydrogen) atoms. The third-order valence-corrected chi connectivity index (χ3v) is 7.66. The van der Waals surface area contributed by atoms with E-state index in [1.165, 1.54) is 39.5 Å². The summed E-state index contributed by atoms with van der Waals surface area (Å²) in [6.07, 6.45) is 3.25. The Morgan fingerprint density at radius 2 is 1.72 bits per heavy atom. The minimum Gasteiger partial charge on any atom is -0.322 e. The minimum absolute atomic E-state index is 0.124. The highest BCUT2D eigenvalue weighted by molar-refractivity contribution is 7.89. The first-order valence-electron chi connectivity index (χ1n) is 10.7. The van der Waals surface area contributed by atoms with Crippen molar-refractivity contribution in [1.82, 2.24) is 9.21 Å². The number of sulfonamides is 1. The van der Waals surface area contributed by atoms with Crippen molar-refractivity contribution >= 4 is 33.4 Å². The summed E-state index contributed by atoms with van der Waals surface area (Å²) in [6.45, 7) is 3.32. The first kappa shape index (κ1) is 22.2. The number of hydrogen-bond donors (Lipinski definition) is 1. The molecule has 0 aliphatic carbocycles. The van der Waals surface area contributed by atoms with E-state index in [-0.39, 0.29) is 21.9 Å². The molecule has 2 aromatic rings. The third-order valence-electron chi connectivity index (χ3n) is 5.76. The summed E-state index contributed by atoms with van der Waals surface area (Å²) in [7, 11) is -3.60. The molecule has 3 amide bonds. The summed E-state index contributed by atoms with van der Waals surface area (Å²) in [5, 5.41) is 2.69. The lowest BCUT2D eigenvalue weighted by atomic mass is 10.1. The van der Waals surface area contributed by atoms with Crippen LogP contribution in [0, 0.1) is 0 Å². The Morgan fingerprint density at radius 3 is 2.44 bits per heavy atom. The summed E-state index contributed by atoms with van der Waals surface area (Å²) in [5.41, 5.74) is 1.06. The van der Waals surface area contributed by atoms with Gasteiger partial charge in [0.15, 0.2) is 0 Å². The molecule has 0 bridgehead atoms. The Hall–Kier alpha value is -3.04. The number of amides is 3. The zero-order valence-corrected chi connectivity index (χ0v) is 18.7. The molecule has 0 saturated carbocycles. The molecule has 0 spiro atoms. The molecule has 2 heterocycles. The van der Waals surface area contributed by atoms with Crippen molar-refractivity contribution in [3.63, 3.8) is 0 Å². The van der Waals surface area contributed by atoms with Gasteiger partial charge in [0, 0.05) is 30.9 Å². The SMILES string of the molecule is CCCCN1C(=O)c2ccc(C(=O)Nc3cccc(S(=O)(=O)N4CCCC4)c3)cc2C1=O. The quantitative estimate of drug-likeness (QED) is 0.646. The van der Waals surface area contributed by atoms with E-state index >= 15 is 0 Å². The maximum absolute atomic E-state index is 12.8. The van der Waals surface area contributed by atoms with Gasteiger partial charge in [-0.25, -0.2) is 8.42 Å². The van der Waals surface area contributed by atoms with Crippen LogP contribution >= 0.6 is 0 Å². The Balaban J connectivity index is 1.53. The zero-order valence-electron chi connectivity index (χ0n) is 17.8. The van der Waals surface area contributed by atoms with E-state index in [0.717, 1.165) is 25.7 Å². The number of benzene rings is 2. The molecule has 9 heteroatoms. The van der Waals surface area contributed by atoms with E-state index in [1.54, 1.807) is 12.1 Å². The Morgan fingerprint density at radius 1 is 1.00 bits per heavy atom. The van der Waals surface area contributed by atoms with Gasteiger partial charge in [-0.05, 0) is 55.7 Å².